The summed E-state index contributed by atoms with van der Waals surface area (Å²) in [5.74, 6) is -0.212. The summed E-state index contributed by atoms with van der Waals surface area (Å²) < 4.78 is 47.5. The van der Waals surface area contributed by atoms with Crippen LogP contribution in [0.4, 0.5) is 0 Å². The molecule has 2 saturated carbocycles. The average molecular weight is 529 g/mol. The predicted octanol–water partition coefficient (Wildman–Crippen LogP) is 1.35. The number of aliphatic hydroxyl groups is 2. The van der Waals surface area contributed by atoms with Gasteiger partial charge in [0, 0.05) is 0 Å². The molecule has 200 valence electrons. The van der Waals surface area contributed by atoms with E-state index < -0.39 is 53.2 Å². The van der Waals surface area contributed by atoms with Gasteiger partial charge in [-0.05, 0) is 85.0 Å². The van der Waals surface area contributed by atoms with Crippen LogP contribution in [0, 0.1) is 17.3 Å². The Hall–Kier alpha value is -1.80. The Kier molecular flexibility index (Phi) is 6.60. The number of benzene rings is 1. The number of aliphatic carboxylic acids is 1. The number of phenols is 1. The Morgan fingerprint density at radius 2 is 1.89 bits per heavy atom. The molecule has 0 spiro atoms. The van der Waals surface area contributed by atoms with Gasteiger partial charge in [-0.25, -0.2) is 8.98 Å². The summed E-state index contributed by atoms with van der Waals surface area (Å²) in [7, 11) is -5.10. The van der Waals surface area contributed by atoms with Crippen LogP contribution in [0.3, 0.4) is 0 Å². The number of carboxylic acids is 1. The summed E-state index contributed by atoms with van der Waals surface area (Å²) >= 11 is 0. The number of hydrogen-bond acceptors (Lipinski definition) is 9. The molecule has 0 radical (unpaired) electrons. The minimum atomic E-state index is -5.10. The van der Waals surface area contributed by atoms with Gasteiger partial charge in [0.1, 0.15) is 24.1 Å². The van der Waals surface area contributed by atoms with Crippen LogP contribution in [0.5, 0.6) is 5.75 Å². The Morgan fingerprint density at radius 1 is 1.14 bits per heavy atom. The zero-order chi connectivity index (χ0) is 26.0. The van der Waals surface area contributed by atoms with Gasteiger partial charge in [0.05, 0.1) is 6.10 Å². The molecule has 11 nitrogen and oxygen atoms in total. The number of rotatable bonds is 5. The smallest absolute Gasteiger partial charge is 0.397 e. The largest absolute Gasteiger partial charge is 0.508 e. The van der Waals surface area contributed by atoms with Crippen molar-refractivity contribution in [3.8, 4) is 5.75 Å². The molecule has 1 aromatic rings. The molecule has 4 aliphatic rings. The first-order chi connectivity index (χ1) is 16.9. The van der Waals surface area contributed by atoms with Crippen LogP contribution in [0.1, 0.15) is 56.1 Å². The lowest BCUT2D eigenvalue weighted by molar-refractivity contribution is -0.309. The zero-order valence-electron chi connectivity index (χ0n) is 19.8. The lowest BCUT2D eigenvalue weighted by atomic mass is 9.55. The summed E-state index contributed by atoms with van der Waals surface area (Å²) in [6.45, 7) is 2.13. The van der Waals surface area contributed by atoms with Gasteiger partial charge in [0.15, 0.2) is 12.4 Å². The molecule has 3 fully saturated rings. The molecule has 1 aliphatic heterocycles. The highest BCUT2D eigenvalue weighted by atomic mass is 32.3. The van der Waals surface area contributed by atoms with E-state index in [1.54, 1.807) is 6.07 Å². The number of carbonyl (C=O) groups is 1. The molecule has 0 bridgehead atoms. The van der Waals surface area contributed by atoms with Crippen molar-refractivity contribution in [1.29, 1.82) is 0 Å². The van der Waals surface area contributed by atoms with Crippen LogP contribution in [0.2, 0.25) is 0 Å². The standard InChI is InChI=1S/C24H32O11S/c1-24-9-8-14-13-5-3-12(25)10-11(13)2-4-15(14)16(24)6-7-17(24)33-23-19(27)20(35-36(30,31)32)18(26)21(34-23)22(28)29/h3,5,10,14-21,23,25-27H,2,4,6-9H2,1H3,(H,28,29)(H,30,31,32)/t14-,15-,16+,17+,18+,19-,20+,21+,23-,24+/m1/s1. The number of hydrogen-bond donors (Lipinski definition) is 5. The van der Waals surface area contributed by atoms with E-state index in [0.717, 1.165) is 32.1 Å². The minimum Gasteiger partial charge on any atom is -0.508 e. The normalized spacial score (nSPS) is 42.3. The SMILES string of the molecule is C[C@]12CC[C@@H]3c4ccc(O)cc4CC[C@H]3[C@@H]1CC[C@@H]2O[C@@H]1O[C@H](C(=O)O)[C@@H](O)[C@H](OS(=O)(=O)O)[C@H]1O. The van der Waals surface area contributed by atoms with Crippen LogP contribution in [-0.2, 0) is 35.3 Å². The summed E-state index contributed by atoms with van der Waals surface area (Å²) in [5, 5.41) is 40.3. The van der Waals surface area contributed by atoms with Crippen molar-refractivity contribution in [2.24, 2.45) is 17.3 Å². The summed E-state index contributed by atoms with van der Waals surface area (Å²) in [4.78, 5) is 11.6. The zero-order valence-corrected chi connectivity index (χ0v) is 20.6. The lowest BCUT2D eigenvalue weighted by Crippen LogP contribution is -2.62. The number of ether oxygens (including phenoxy) is 2. The molecular formula is C24H32O11S. The molecular weight excluding hydrogens is 496 g/mol. The summed E-state index contributed by atoms with van der Waals surface area (Å²) in [6.07, 6.45) is -4.68. The fourth-order valence-electron chi connectivity index (χ4n) is 7.31. The fourth-order valence-corrected chi connectivity index (χ4v) is 7.82. The highest BCUT2D eigenvalue weighted by molar-refractivity contribution is 7.80. The molecule has 0 amide bonds. The van der Waals surface area contributed by atoms with E-state index in [0.29, 0.717) is 24.2 Å². The third-order valence-electron chi connectivity index (χ3n) is 8.94. The van der Waals surface area contributed by atoms with Gasteiger partial charge < -0.3 is 29.9 Å². The van der Waals surface area contributed by atoms with Gasteiger partial charge in [0.25, 0.3) is 0 Å². The van der Waals surface area contributed by atoms with Gasteiger partial charge in [-0.15, -0.1) is 0 Å². The van der Waals surface area contributed by atoms with Crippen molar-refractivity contribution in [3.63, 3.8) is 0 Å². The van der Waals surface area contributed by atoms with Gasteiger partial charge in [-0.2, -0.15) is 8.42 Å². The van der Waals surface area contributed by atoms with Crippen molar-refractivity contribution in [3.05, 3.63) is 29.3 Å². The van der Waals surface area contributed by atoms with Crippen molar-refractivity contribution < 1.29 is 51.8 Å². The molecule has 36 heavy (non-hydrogen) atoms. The van der Waals surface area contributed by atoms with Crippen LogP contribution in [0.25, 0.3) is 0 Å². The van der Waals surface area contributed by atoms with E-state index >= 15 is 0 Å². The molecule has 5 N–H and O–H groups in total. The Morgan fingerprint density at radius 3 is 2.58 bits per heavy atom. The maximum absolute atomic E-state index is 11.6. The van der Waals surface area contributed by atoms with Crippen molar-refractivity contribution >= 4 is 16.4 Å². The van der Waals surface area contributed by atoms with Crippen LogP contribution < -0.4 is 0 Å². The second-order valence-corrected chi connectivity index (χ2v) is 11.8. The van der Waals surface area contributed by atoms with Gasteiger partial charge in [-0.3, -0.25) is 4.55 Å². The quantitative estimate of drug-likeness (QED) is 0.348. The predicted molar refractivity (Wildman–Crippen MR) is 122 cm³/mol. The van der Waals surface area contributed by atoms with Gasteiger partial charge in [0.2, 0.25) is 0 Å². The first-order valence-electron chi connectivity index (χ1n) is 12.3. The van der Waals surface area contributed by atoms with E-state index in [4.69, 9.17) is 14.0 Å². The Bertz CT molecular complexity index is 1120. The molecule has 5 rings (SSSR count). The second-order valence-electron chi connectivity index (χ2n) is 10.8. The first-order valence-corrected chi connectivity index (χ1v) is 13.6. The first kappa shape index (κ1) is 25.8. The molecule has 12 heteroatoms. The number of fused-ring (bicyclic) bond motifs is 5. The van der Waals surface area contributed by atoms with Crippen molar-refractivity contribution in [1.82, 2.24) is 0 Å². The minimum absolute atomic E-state index is 0.272. The lowest BCUT2D eigenvalue weighted by Gasteiger charge is -2.51. The van der Waals surface area contributed by atoms with Gasteiger partial charge in [-0.1, -0.05) is 13.0 Å². The maximum Gasteiger partial charge on any atom is 0.397 e. The van der Waals surface area contributed by atoms with E-state index in [1.807, 2.05) is 12.1 Å². The Balaban J connectivity index is 1.35. The molecule has 0 unspecified atom stereocenters. The molecule has 3 aliphatic carbocycles. The van der Waals surface area contributed by atoms with Gasteiger partial charge >= 0.3 is 16.4 Å². The molecule has 10 atom stereocenters. The second kappa shape index (κ2) is 9.19. The molecule has 1 heterocycles. The van der Waals surface area contributed by atoms with E-state index in [9.17, 15) is 33.6 Å². The van der Waals surface area contributed by atoms with Crippen LogP contribution >= 0.6 is 0 Å². The monoisotopic (exact) mass is 528 g/mol. The third kappa shape index (κ3) is 4.42. The van der Waals surface area contributed by atoms with E-state index in [-0.39, 0.29) is 11.2 Å². The highest BCUT2D eigenvalue weighted by Gasteiger charge is 2.58. The third-order valence-corrected chi connectivity index (χ3v) is 9.41. The number of aryl methyl sites for hydroxylation is 1. The number of carboxylic acid groups (broad SMARTS) is 1. The molecule has 1 aromatic carbocycles. The van der Waals surface area contributed by atoms with Crippen LogP contribution in [0.15, 0.2) is 18.2 Å². The molecule has 0 aromatic heterocycles. The van der Waals surface area contributed by atoms with E-state index in [2.05, 4.69) is 11.1 Å². The fraction of sp³-hybridized carbons (Fsp3) is 0.708. The summed E-state index contributed by atoms with van der Waals surface area (Å²) in [6, 6.07) is 5.60. The Labute approximate surface area is 208 Å². The highest BCUT2D eigenvalue weighted by Crippen LogP contribution is 2.62. The average Bonchev–Trinajstić information content (AvgIpc) is 3.13. The topological polar surface area (TPSA) is 180 Å². The number of aromatic hydroxyl groups is 1. The molecule has 1 saturated heterocycles. The maximum atomic E-state index is 11.6. The van der Waals surface area contributed by atoms with Crippen LogP contribution in [-0.4, -0.2) is 76.2 Å². The van der Waals surface area contributed by atoms with Crippen molar-refractivity contribution in [2.75, 3.05) is 0 Å². The number of aliphatic hydroxyl groups excluding tert-OH is 2. The van der Waals surface area contributed by atoms with Crippen molar-refractivity contribution in [2.45, 2.75) is 88.2 Å². The summed E-state index contributed by atoms with van der Waals surface area (Å²) in [5.41, 5.74) is 2.19. The number of phenolic OH excluding ortho intramolecular Hbond substituents is 1. The van der Waals surface area contributed by atoms with E-state index in [1.165, 1.54) is 11.1 Å².